The van der Waals surface area contributed by atoms with E-state index in [4.69, 9.17) is 4.52 Å². The van der Waals surface area contributed by atoms with Gasteiger partial charge in [-0.15, -0.1) is 10.2 Å². The minimum absolute atomic E-state index is 0.483. The molecule has 0 fully saturated rings. The van der Waals surface area contributed by atoms with E-state index >= 15 is 0 Å². The number of hydrogen-bond donors (Lipinski definition) is 1. The lowest BCUT2D eigenvalue weighted by molar-refractivity contribution is 0.382. The molecule has 162 valence electrons. The highest BCUT2D eigenvalue weighted by Crippen LogP contribution is 2.33. The molecule has 32 heavy (non-hydrogen) atoms. The molecular weight excluding hydrogens is 420 g/mol. The smallest absolute Gasteiger partial charge is 0.237 e. The summed E-state index contributed by atoms with van der Waals surface area (Å²) in [6.07, 6.45) is 2.80. The number of para-hydroxylation sites is 1. The van der Waals surface area contributed by atoms with E-state index in [9.17, 15) is 0 Å². The van der Waals surface area contributed by atoms with Crippen molar-refractivity contribution >= 4 is 22.7 Å². The summed E-state index contributed by atoms with van der Waals surface area (Å²) in [6.45, 7) is 6.36. The molecule has 2 aromatic carbocycles. The summed E-state index contributed by atoms with van der Waals surface area (Å²) in [7, 11) is 0. The zero-order chi connectivity index (χ0) is 22.1. The summed E-state index contributed by atoms with van der Waals surface area (Å²) in [4.78, 5) is 7.86. The van der Waals surface area contributed by atoms with Crippen LogP contribution < -0.4 is 0 Å². The van der Waals surface area contributed by atoms with Crippen LogP contribution in [0.1, 0.15) is 31.1 Å². The minimum Gasteiger partial charge on any atom is -0.360 e. The molecule has 5 aromatic rings. The Bertz CT molecular complexity index is 1370. The number of hydrogen-bond acceptors (Lipinski definition) is 6. The quantitative estimate of drug-likeness (QED) is 0.329. The van der Waals surface area contributed by atoms with Crippen molar-refractivity contribution < 1.29 is 4.52 Å². The summed E-state index contributed by atoms with van der Waals surface area (Å²) in [5.74, 6) is 3.15. The molecule has 0 amide bonds. The molecular formula is C24H24N6OS. The number of fused-ring (bicyclic) bond motifs is 1. The zero-order valence-corrected chi connectivity index (χ0v) is 19.1. The summed E-state index contributed by atoms with van der Waals surface area (Å²) in [6, 6.07) is 16.6. The molecule has 0 radical (unpaired) electrons. The van der Waals surface area contributed by atoms with E-state index in [0.29, 0.717) is 17.6 Å². The molecule has 0 aliphatic carbocycles. The first-order valence-corrected chi connectivity index (χ1v) is 11.6. The van der Waals surface area contributed by atoms with E-state index in [0.717, 1.165) is 45.4 Å². The van der Waals surface area contributed by atoms with Crippen LogP contribution in [0.3, 0.4) is 0 Å². The molecule has 0 atom stereocenters. The standard InChI is InChI=1S/C24H24N6OS/c1-15(2)11-21-26-22(31-29-21)14-32-24-28-27-23(30(24)17-8-6-7-16(3)12-17)19-13-25-20-10-5-4-9-18(19)20/h4-10,12-13,15,25H,11,14H2,1-3H3. The Morgan fingerprint density at radius 3 is 2.81 bits per heavy atom. The van der Waals surface area contributed by atoms with Gasteiger partial charge in [-0.3, -0.25) is 4.57 Å². The van der Waals surface area contributed by atoms with Crippen molar-refractivity contribution in [2.45, 2.75) is 38.1 Å². The fraction of sp³-hybridized carbons (Fsp3) is 0.250. The van der Waals surface area contributed by atoms with Crippen molar-refractivity contribution in [3.8, 4) is 17.1 Å². The lowest BCUT2D eigenvalue weighted by Crippen LogP contribution is -2.00. The predicted molar refractivity (Wildman–Crippen MR) is 126 cm³/mol. The Labute approximate surface area is 190 Å². The summed E-state index contributed by atoms with van der Waals surface area (Å²) in [5, 5.41) is 15.1. The van der Waals surface area contributed by atoms with Crippen LogP contribution in [0.15, 0.2) is 64.4 Å². The van der Waals surface area contributed by atoms with E-state index in [1.165, 1.54) is 17.3 Å². The van der Waals surface area contributed by atoms with Gasteiger partial charge < -0.3 is 9.51 Å². The van der Waals surface area contributed by atoms with Crippen LogP contribution in [0.25, 0.3) is 28.0 Å². The number of aryl methyl sites for hydroxylation is 1. The van der Waals surface area contributed by atoms with Crippen molar-refractivity contribution in [3.05, 3.63) is 72.0 Å². The third-order valence-corrected chi connectivity index (χ3v) is 6.06. The maximum absolute atomic E-state index is 5.44. The van der Waals surface area contributed by atoms with Gasteiger partial charge in [-0.05, 0) is 36.6 Å². The zero-order valence-electron chi connectivity index (χ0n) is 18.2. The number of rotatable bonds is 7. The number of aromatic nitrogens is 6. The third kappa shape index (κ3) is 4.05. The monoisotopic (exact) mass is 444 g/mol. The maximum atomic E-state index is 5.44. The van der Waals surface area contributed by atoms with Gasteiger partial charge in [0.05, 0.1) is 5.75 Å². The van der Waals surface area contributed by atoms with Gasteiger partial charge in [-0.1, -0.05) is 61.1 Å². The lowest BCUT2D eigenvalue weighted by atomic mass is 10.1. The Kier molecular flexibility index (Phi) is 5.53. The number of benzene rings is 2. The molecule has 1 N–H and O–H groups in total. The fourth-order valence-corrected chi connectivity index (χ4v) is 4.51. The molecule has 5 rings (SSSR count). The molecule has 0 saturated heterocycles. The highest BCUT2D eigenvalue weighted by Gasteiger charge is 2.20. The number of thioether (sulfide) groups is 1. The number of nitrogens with one attached hydrogen (secondary N) is 1. The van der Waals surface area contributed by atoms with E-state index in [-0.39, 0.29) is 0 Å². The van der Waals surface area contributed by atoms with Crippen LogP contribution >= 0.6 is 11.8 Å². The number of nitrogens with zero attached hydrogens (tertiary/aromatic N) is 5. The van der Waals surface area contributed by atoms with Crippen LogP contribution in [0.2, 0.25) is 0 Å². The predicted octanol–water partition coefficient (Wildman–Crippen LogP) is 5.60. The molecule has 0 aliphatic heterocycles. The Morgan fingerprint density at radius 2 is 1.97 bits per heavy atom. The lowest BCUT2D eigenvalue weighted by Gasteiger charge is -2.10. The molecule has 3 heterocycles. The highest BCUT2D eigenvalue weighted by atomic mass is 32.2. The molecule has 0 spiro atoms. The van der Waals surface area contributed by atoms with Crippen molar-refractivity contribution in [2.24, 2.45) is 5.92 Å². The second kappa shape index (κ2) is 8.63. The number of H-pyrrole nitrogens is 1. The van der Waals surface area contributed by atoms with Crippen molar-refractivity contribution in [1.82, 2.24) is 29.9 Å². The van der Waals surface area contributed by atoms with Gasteiger partial charge in [-0.2, -0.15) is 4.98 Å². The second-order valence-corrected chi connectivity index (χ2v) is 9.16. The first kappa shape index (κ1) is 20.5. The average molecular weight is 445 g/mol. The minimum atomic E-state index is 0.483. The van der Waals surface area contributed by atoms with E-state index < -0.39 is 0 Å². The van der Waals surface area contributed by atoms with E-state index in [1.807, 2.05) is 24.4 Å². The first-order valence-electron chi connectivity index (χ1n) is 10.6. The highest BCUT2D eigenvalue weighted by molar-refractivity contribution is 7.98. The van der Waals surface area contributed by atoms with Gasteiger partial charge in [0.1, 0.15) is 0 Å². The molecule has 7 nitrogen and oxygen atoms in total. The summed E-state index contributed by atoms with van der Waals surface area (Å²) >= 11 is 1.54. The van der Waals surface area contributed by atoms with Gasteiger partial charge in [0, 0.05) is 34.8 Å². The SMILES string of the molecule is Cc1cccc(-n2c(SCc3nc(CC(C)C)no3)nnc2-c2c[nH]c3ccccc23)c1. The molecule has 0 bridgehead atoms. The average Bonchev–Trinajstić information content (AvgIpc) is 3.49. The molecule has 0 saturated carbocycles. The fourth-order valence-electron chi connectivity index (χ4n) is 3.72. The van der Waals surface area contributed by atoms with Gasteiger partial charge >= 0.3 is 0 Å². The van der Waals surface area contributed by atoms with E-state index in [1.54, 1.807) is 0 Å². The van der Waals surface area contributed by atoms with Crippen LogP contribution in [-0.2, 0) is 12.2 Å². The largest absolute Gasteiger partial charge is 0.360 e. The Hall–Kier alpha value is -3.39. The van der Waals surface area contributed by atoms with Crippen molar-refractivity contribution in [1.29, 1.82) is 0 Å². The van der Waals surface area contributed by atoms with Gasteiger partial charge in [0.15, 0.2) is 16.8 Å². The van der Waals surface area contributed by atoms with Gasteiger partial charge in [0.25, 0.3) is 0 Å². The Balaban J connectivity index is 1.52. The normalized spacial score (nSPS) is 11.6. The topological polar surface area (TPSA) is 85.4 Å². The molecule has 3 aromatic heterocycles. The molecule has 0 unspecified atom stereocenters. The maximum Gasteiger partial charge on any atom is 0.237 e. The second-order valence-electron chi connectivity index (χ2n) is 8.22. The molecule has 8 heteroatoms. The molecule has 0 aliphatic rings. The van der Waals surface area contributed by atoms with Crippen LogP contribution in [0.5, 0.6) is 0 Å². The van der Waals surface area contributed by atoms with Crippen LogP contribution in [0.4, 0.5) is 0 Å². The van der Waals surface area contributed by atoms with Crippen molar-refractivity contribution in [2.75, 3.05) is 0 Å². The summed E-state index contributed by atoms with van der Waals surface area (Å²) in [5.41, 5.74) is 4.27. The van der Waals surface area contributed by atoms with E-state index in [2.05, 4.69) is 81.0 Å². The van der Waals surface area contributed by atoms with Crippen LogP contribution in [0, 0.1) is 12.8 Å². The Morgan fingerprint density at radius 1 is 1.09 bits per heavy atom. The number of aromatic amines is 1. The van der Waals surface area contributed by atoms with Crippen molar-refractivity contribution in [3.63, 3.8) is 0 Å². The van der Waals surface area contributed by atoms with Crippen LogP contribution in [-0.4, -0.2) is 29.9 Å². The first-order chi connectivity index (χ1) is 15.6. The summed E-state index contributed by atoms with van der Waals surface area (Å²) < 4.78 is 7.54. The van der Waals surface area contributed by atoms with Gasteiger partial charge in [-0.25, -0.2) is 0 Å². The third-order valence-electron chi connectivity index (χ3n) is 5.15. The van der Waals surface area contributed by atoms with Gasteiger partial charge in [0.2, 0.25) is 5.89 Å².